The smallest absolute Gasteiger partial charge is 0.317 e. The van der Waals surface area contributed by atoms with Gasteiger partial charge in [-0.05, 0) is 31.4 Å². The Bertz CT molecular complexity index is 711. The largest absolute Gasteiger partial charge is 0.492 e. The molecule has 1 aliphatic rings. The number of aromatic nitrogens is 3. The van der Waals surface area contributed by atoms with Crippen LogP contribution in [0.2, 0.25) is 0 Å². The number of hydrogen-bond acceptors (Lipinski definition) is 6. The number of carbonyl (C=O) groups excluding carboxylic acids is 1. The van der Waals surface area contributed by atoms with Gasteiger partial charge < -0.3 is 19.5 Å². The van der Waals surface area contributed by atoms with Crippen LogP contribution in [0, 0.1) is 0 Å². The molecular weight excluding hydrogens is 346 g/mol. The highest BCUT2D eigenvalue weighted by molar-refractivity contribution is 5.74. The van der Waals surface area contributed by atoms with Crippen LogP contribution in [0.15, 0.2) is 29.0 Å². The van der Waals surface area contributed by atoms with Crippen molar-refractivity contribution in [2.75, 3.05) is 26.2 Å². The molecule has 8 nitrogen and oxygen atoms in total. The number of nitrogens with one attached hydrogen (secondary N) is 1. The lowest BCUT2D eigenvalue weighted by Crippen LogP contribution is -2.44. The van der Waals surface area contributed by atoms with Crippen molar-refractivity contribution in [1.29, 1.82) is 0 Å². The van der Waals surface area contributed by atoms with Crippen molar-refractivity contribution in [3.8, 4) is 5.75 Å². The summed E-state index contributed by atoms with van der Waals surface area (Å²) in [4.78, 5) is 22.6. The first-order valence-electron chi connectivity index (χ1n) is 9.52. The molecule has 8 heteroatoms. The molecule has 27 heavy (non-hydrogen) atoms. The first-order chi connectivity index (χ1) is 13.1. The molecule has 2 aromatic rings. The molecule has 3 heterocycles. The minimum Gasteiger partial charge on any atom is -0.492 e. The normalized spacial score (nSPS) is 15.1. The molecule has 0 atom stereocenters. The minimum absolute atomic E-state index is 0.0248. The number of rotatable bonds is 7. The zero-order valence-corrected chi connectivity index (χ0v) is 15.9. The monoisotopic (exact) mass is 373 g/mol. The molecule has 0 aromatic carbocycles. The summed E-state index contributed by atoms with van der Waals surface area (Å²) < 4.78 is 11.0. The number of carbonyl (C=O) groups is 1. The molecule has 0 radical (unpaired) electrons. The second-order valence-electron chi connectivity index (χ2n) is 7.03. The molecule has 0 aliphatic carbocycles. The van der Waals surface area contributed by atoms with E-state index < -0.39 is 0 Å². The molecule has 1 fully saturated rings. The van der Waals surface area contributed by atoms with Gasteiger partial charge in [0.25, 0.3) is 0 Å². The summed E-state index contributed by atoms with van der Waals surface area (Å²) >= 11 is 0. The molecule has 0 unspecified atom stereocenters. The Labute approximate surface area is 159 Å². The second kappa shape index (κ2) is 9.34. The molecule has 1 saturated heterocycles. The maximum atomic E-state index is 12.3. The summed E-state index contributed by atoms with van der Waals surface area (Å²) in [6.07, 6.45) is 5.82. The topological polar surface area (TPSA) is 93.4 Å². The molecule has 1 N–H and O–H groups in total. The van der Waals surface area contributed by atoms with Crippen LogP contribution in [0.1, 0.15) is 56.7 Å². The number of urea groups is 1. The van der Waals surface area contributed by atoms with Gasteiger partial charge in [0.05, 0.1) is 12.8 Å². The number of piperidine rings is 1. The van der Waals surface area contributed by atoms with Crippen molar-refractivity contribution in [2.24, 2.45) is 0 Å². The third-order valence-corrected chi connectivity index (χ3v) is 4.61. The Morgan fingerprint density at radius 2 is 2.22 bits per heavy atom. The fourth-order valence-electron chi connectivity index (χ4n) is 2.98. The molecule has 2 aromatic heterocycles. The molecule has 0 bridgehead atoms. The van der Waals surface area contributed by atoms with Crippen molar-refractivity contribution >= 4 is 6.03 Å². The fraction of sp³-hybridized carbons (Fsp3) is 0.579. The Morgan fingerprint density at radius 1 is 1.41 bits per heavy atom. The van der Waals surface area contributed by atoms with Crippen molar-refractivity contribution in [1.82, 2.24) is 25.3 Å². The summed E-state index contributed by atoms with van der Waals surface area (Å²) in [5.74, 6) is 2.69. The second-order valence-corrected chi connectivity index (χ2v) is 7.03. The van der Waals surface area contributed by atoms with Gasteiger partial charge >= 0.3 is 6.03 Å². The summed E-state index contributed by atoms with van der Waals surface area (Å²) in [6, 6.07) is 3.67. The highest BCUT2D eigenvalue weighted by atomic mass is 16.5. The van der Waals surface area contributed by atoms with Gasteiger partial charge in [0.15, 0.2) is 5.82 Å². The van der Waals surface area contributed by atoms with Crippen LogP contribution in [0.5, 0.6) is 5.75 Å². The van der Waals surface area contributed by atoms with Crippen LogP contribution in [-0.2, 0) is 0 Å². The van der Waals surface area contributed by atoms with E-state index in [1.807, 2.05) is 30.9 Å². The zero-order chi connectivity index (χ0) is 19.1. The number of amides is 2. The van der Waals surface area contributed by atoms with Crippen molar-refractivity contribution in [3.05, 3.63) is 36.2 Å². The van der Waals surface area contributed by atoms with E-state index in [2.05, 4.69) is 20.4 Å². The molecule has 146 valence electrons. The highest BCUT2D eigenvalue weighted by Crippen LogP contribution is 2.27. The van der Waals surface area contributed by atoms with E-state index in [1.54, 1.807) is 12.4 Å². The highest BCUT2D eigenvalue weighted by Gasteiger charge is 2.27. The van der Waals surface area contributed by atoms with Crippen LogP contribution < -0.4 is 10.1 Å². The van der Waals surface area contributed by atoms with Gasteiger partial charge in [0, 0.05) is 37.7 Å². The standard InChI is InChI=1S/C19H27N5O3/c1-14(2)17-22-18(27-23-17)15-6-10-24(11-7-15)19(25)21-9-4-12-26-16-5-3-8-20-13-16/h3,5,8,13-15H,4,6-7,9-12H2,1-2H3,(H,21,25). The molecule has 1 aliphatic heterocycles. The molecule has 0 saturated carbocycles. The third-order valence-electron chi connectivity index (χ3n) is 4.61. The lowest BCUT2D eigenvalue weighted by molar-refractivity contribution is 0.174. The maximum absolute atomic E-state index is 12.3. The quantitative estimate of drug-likeness (QED) is 0.750. The van der Waals surface area contributed by atoms with E-state index in [0.29, 0.717) is 32.1 Å². The first kappa shape index (κ1) is 19.1. The average molecular weight is 373 g/mol. The van der Waals surface area contributed by atoms with E-state index in [4.69, 9.17) is 9.26 Å². The number of pyridine rings is 1. The Kier molecular flexibility index (Phi) is 6.62. The van der Waals surface area contributed by atoms with Crippen molar-refractivity contribution in [2.45, 2.75) is 44.9 Å². The third kappa shape index (κ3) is 5.42. The Morgan fingerprint density at radius 3 is 2.89 bits per heavy atom. The minimum atomic E-state index is -0.0248. The van der Waals surface area contributed by atoms with Gasteiger partial charge in [-0.3, -0.25) is 4.98 Å². The van der Waals surface area contributed by atoms with E-state index in [1.165, 1.54) is 0 Å². The zero-order valence-electron chi connectivity index (χ0n) is 15.9. The fourth-order valence-corrected chi connectivity index (χ4v) is 2.98. The summed E-state index contributed by atoms with van der Waals surface area (Å²) in [5, 5.41) is 6.98. The van der Waals surface area contributed by atoms with Crippen LogP contribution in [0.3, 0.4) is 0 Å². The van der Waals surface area contributed by atoms with Crippen molar-refractivity contribution in [3.63, 3.8) is 0 Å². The maximum Gasteiger partial charge on any atom is 0.317 e. The summed E-state index contributed by atoms with van der Waals surface area (Å²) in [6.45, 7) is 6.61. The van der Waals surface area contributed by atoms with Gasteiger partial charge in [-0.25, -0.2) is 4.79 Å². The van der Waals surface area contributed by atoms with Crippen LogP contribution in [0.25, 0.3) is 0 Å². The van der Waals surface area contributed by atoms with Crippen LogP contribution >= 0.6 is 0 Å². The van der Waals surface area contributed by atoms with Gasteiger partial charge in [-0.2, -0.15) is 4.98 Å². The van der Waals surface area contributed by atoms with E-state index in [0.717, 1.165) is 30.8 Å². The number of ether oxygens (including phenoxy) is 1. The van der Waals surface area contributed by atoms with Gasteiger partial charge in [-0.15, -0.1) is 0 Å². The lowest BCUT2D eigenvalue weighted by Gasteiger charge is -2.30. The molecule has 3 rings (SSSR count). The van der Waals surface area contributed by atoms with Crippen LogP contribution in [0.4, 0.5) is 4.79 Å². The molecular formula is C19H27N5O3. The van der Waals surface area contributed by atoms with Crippen molar-refractivity contribution < 1.29 is 14.1 Å². The Balaban J connectivity index is 1.33. The van der Waals surface area contributed by atoms with E-state index in [-0.39, 0.29) is 17.9 Å². The predicted molar refractivity (Wildman–Crippen MR) is 99.7 cm³/mol. The summed E-state index contributed by atoms with van der Waals surface area (Å²) in [7, 11) is 0. The molecule has 0 spiro atoms. The average Bonchev–Trinajstić information content (AvgIpc) is 3.19. The van der Waals surface area contributed by atoms with Gasteiger partial charge in [-0.1, -0.05) is 19.0 Å². The number of likely N-dealkylation sites (tertiary alicyclic amines) is 1. The van der Waals surface area contributed by atoms with E-state index in [9.17, 15) is 4.79 Å². The first-order valence-corrected chi connectivity index (χ1v) is 9.52. The predicted octanol–water partition coefficient (Wildman–Crippen LogP) is 2.95. The molecule has 2 amide bonds. The van der Waals surface area contributed by atoms with Crippen LogP contribution in [-0.4, -0.2) is 52.3 Å². The van der Waals surface area contributed by atoms with Gasteiger partial charge in [0.1, 0.15) is 5.75 Å². The van der Waals surface area contributed by atoms with E-state index >= 15 is 0 Å². The van der Waals surface area contributed by atoms with Gasteiger partial charge in [0.2, 0.25) is 5.89 Å². The number of hydrogen-bond donors (Lipinski definition) is 1. The summed E-state index contributed by atoms with van der Waals surface area (Å²) in [5.41, 5.74) is 0. The lowest BCUT2D eigenvalue weighted by atomic mass is 9.97. The SMILES string of the molecule is CC(C)c1noc(C2CCN(C(=O)NCCCOc3cccnc3)CC2)n1. The number of nitrogens with zero attached hydrogens (tertiary/aromatic N) is 4. The Hall–Kier alpha value is -2.64.